The van der Waals surface area contributed by atoms with Crippen molar-refractivity contribution in [3.05, 3.63) is 35.4 Å². The number of carbonyl (C=O) groups is 3. The maximum Gasteiger partial charge on any atom is 0.262 e. The van der Waals surface area contributed by atoms with Crippen LogP contribution < -0.4 is 0 Å². The number of amides is 3. The van der Waals surface area contributed by atoms with Crippen LogP contribution in [0.2, 0.25) is 0 Å². The van der Waals surface area contributed by atoms with Crippen molar-refractivity contribution >= 4 is 29.5 Å². The molecule has 1 aromatic rings. The van der Waals surface area contributed by atoms with E-state index in [0.29, 0.717) is 17.7 Å². The zero-order chi connectivity index (χ0) is 18.1. The quantitative estimate of drug-likeness (QED) is 0.735. The fraction of sp³-hybridized carbons (Fsp3) is 0.526. The molecule has 3 amide bonds. The first kappa shape index (κ1) is 17.5. The van der Waals surface area contributed by atoms with Crippen molar-refractivity contribution < 1.29 is 19.1 Å². The molecule has 0 bridgehead atoms. The molecule has 0 radical (unpaired) electrons. The molecule has 2 unspecified atom stereocenters. The fourth-order valence-corrected chi connectivity index (χ4v) is 5.06. The number of nitrogens with zero attached hydrogens (tertiary/aromatic N) is 2. The van der Waals surface area contributed by atoms with Crippen LogP contribution in [-0.2, 0) is 9.53 Å². The largest absolute Gasteiger partial charge is 0.376 e. The van der Waals surface area contributed by atoms with E-state index in [4.69, 9.17) is 4.74 Å². The van der Waals surface area contributed by atoms with E-state index in [1.807, 2.05) is 16.7 Å². The van der Waals surface area contributed by atoms with Crippen molar-refractivity contribution in [1.29, 1.82) is 0 Å². The van der Waals surface area contributed by atoms with Gasteiger partial charge in [0.05, 0.1) is 17.2 Å². The van der Waals surface area contributed by atoms with Gasteiger partial charge in [0.15, 0.2) is 0 Å². The maximum absolute atomic E-state index is 13.0. The van der Waals surface area contributed by atoms with Gasteiger partial charge in [-0.1, -0.05) is 12.1 Å². The van der Waals surface area contributed by atoms with Crippen molar-refractivity contribution in [2.24, 2.45) is 0 Å². The third-order valence-corrected chi connectivity index (χ3v) is 6.41. The lowest BCUT2D eigenvalue weighted by Crippen LogP contribution is -2.49. The van der Waals surface area contributed by atoms with Crippen LogP contribution in [0.4, 0.5) is 0 Å². The van der Waals surface area contributed by atoms with Crippen LogP contribution in [0, 0.1) is 0 Å². The van der Waals surface area contributed by atoms with Crippen LogP contribution in [-0.4, -0.2) is 70.9 Å². The minimum Gasteiger partial charge on any atom is -0.376 e. The molecule has 3 aliphatic rings. The number of hydrogen-bond acceptors (Lipinski definition) is 5. The molecule has 0 spiro atoms. The van der Waals surface area contributed by atoms with Gasteiger partial charge in [0.2, 0.25) is 5.91 Å². The molecule has 6 nitrogen and oxygen atoms in total. The van der Waals surface area contributed by atoms with Crippen molar-refractivity contribution in [1.82, 2.24) is 9.80 Å². The Morgan fingerprint density at radius 2 is 1.92 bits per heavy atom. The molecule has 0 saturated carbocycles. The highest BCUT2D eigenvalue weighted by molar-refractivity contribution is 7.99. The van der Waals surface area contributed by atoms with Crippen LogP contribution >= 0.6 is 11.8 Å². The second-order valence-corrected chi connectivity index (χ2v) is 8.09. The molecule has 2 atom stereocenters. The predicted molar refractivity (Wildman–Crippen MR) is 98.2 cm³/mol. The summed E-state index contributed by atoms with van der Waals surface area (Å²) in [7, 11) is 0. The summed E-state index contributed by atoms with van der Waals surface area (Å²) in [5.41, 5.74) is 0.764. The van der Waals surface area contributed by atoms with Crippen LogP contribution in [0.5, 0.6) is 0 Å². The van der Waals surface area contributed by atoms with Gasteiger partial charge in [-0.25, -0.2) is 0 Å². The summed E-state index contributed by atoms with van der Waals surface area (Å²) in [6.45, 7) is 1.10. The zero-order valence-electron chi connectivity index (χ0n) is 14.6. The van der Waals surface area contributed by atoms with E-state index in [1.165, 1.54) is 0 Å². The number of carbonyl (C=O) groups excluding carboxylic acids is 3. The summed E-state index contributed by atoms with van der Waals surface area (Å²) >= 11 is 1.84. The van der Waals surface area contributed by atoms with E-state index < -0.39 is 0 Å². The summed E-state index contributed by atoms with van der Waals surface area (Å²) < 4.78 is 5.71. The van der Waals surface area contributed by atoms with E-state index in [-0.39, 0.29) is 36.4 Å². The van der Waals surface area contributed by atoms with Gasteiger partial charge in [0, 0.05) is 24.9 Å². The molecule has 1 aromatic carbocycles. The third kappa shape index (κ3) is 3.25. The molecule has 0 aliphatic carbocycles. The van der Waals surface area contributed by atoms with Gasteiger partial charge >= 0.3 is 0 Å². The maximum atomic E-state index is 13.0. The lowest BCUT2D eigenvalue weighted by Gasteiger charge is -2.31. The van der Waals surface area contributed by atoms with E-state index >= 15 is 0 Å². The number of rotatable bonds is 5. The Morgan fingerprint density at radius 3 is 2.50 bits per heavy atom. The molecular formula is C19H22N2O4S. The topological polar surface area (TPSA) is 66.9 Å². The summed E-state index contributed by atoms with van der Waals surface area (Å²) in [5, 5.41) is 0. The molecule has 4 rings (SSSR count). The SMILES string of the molecule is O=C1c2ccccc2C(=O)N1CC(=O)N(CC1CCCO1)C1CCSC1. The van der Waals surface area contributed by atoms with Gasteiger partial charge < -0.3 is 9.64 Å². The Balaban J connectivity index is 1.49. The molecule has 138 valence electrons. The van der Waals surface area contributed by atoms with Gasteiger partial charge in [0.25, 0.3) is 11.8 Å². The van der Waals surface area contributed by atoms with Gasteiger partial charge in [-0.05, 0) is 37.1 Å². The Morgan fingerprint density at radius 1 is 1.19 bits per heavy atom. The van der Waals surface area contributed by atoms with Crippen LogP contribution in [0.3, 0.4) is 0 Å². The van der Waals surface area contributed by atoms with Gasteiger partial charge in [0.1, 0.15) is 6.54 Å². The normalized spacial score (nSPS) is 25.0. The summed E-state index contributed by atoms with van der Waals surface area (Å²) in [6, 6.07) is 6.89. The van der Waals surface area contributed by atoms with E-state index in [9.17, 15) is 14.4 Å². The average Bonchev–Trinajstić information content (AvgIpc) is 3.39. The first-order valence-corrected chi connectivity index (χ1v) is 10.2. The van der Waals surface area contributed by atoms with Gasteiger partial charge in [-0.15, -0.1) is 0 Å². The zero-order valence-corrected chi connectivity index (χ0v) is 15.4. The molecule has 0 aromatic heterocycles. The standard InChI is InChI=1S/C19H22N2O4S/c22-17(11-21-18(23)15-5-1-2-6-16(15)19(21)24)20(13-7-9-26-12-13)10-14-4-3-8-25-14/h1-2,5-6,13-14H,3-4,7-12H2. The Hall–Kier alpha value is -1.86. The molecule has 3 aliphatic heterocycles. The molecular weight excluding hydrogens is 352 g/mol. The smallest absolute Gasteiger partial charge is 0.262 e. The molecule has 7 heteroatoms. The lowest BCUT2D eigenvalue weighted by atomic mass is 10.1. The molecule has 26 heavy (non-hydrogen) atoms. The Bertz CT molecular complexity index is 691. The van der Waals surface area contributed by atoms with Crippen molar-refractivity contribution in [3.63, 3.8) is 0 Å². The lowest BCUT2D eigenvalue weighted by molar-refractivity contribution is -0.135. The monoisotopic (exact) mass is 374 g/mol. The summed E-state index contributed by atoms with van der Waals surface area (Å²) in [5.74, 6) is 1.02. The highest BCUT2D eigenvalue weighted by Gasteiger charge is 2.39. The second kappa shape index (κ2) is 7.40. The average molecular weight is 374 g/mol. The van der Waals surface area contributed by atoms with Crippen LogP contribution in [0.15, 0.2) is 24.3 Å². The number of fused-ring (bicyclic) bond motifs is 1. The third-order valence-electron chi connectivity index (χ3n) is 5.26. The van der Waals surface area contributed by atoms with Crippen LogP contribution in [0.25, 0.3) is 0 Å². The Kier molecular flexibility index (Phi) is 5.00. The number of imide groups is 1. The van der Waals surface area contributed by atoms with Crippen molar-refractivity contribution in [2.45, 2.75) is 31.4 Å². The highest BCUT2D eigenvalue weighted by Crippen LogP contribution is 2.26. The number of benzene rings is 1. The van der Waals surface area contributed by atoms with Gasteiger partial charge in [-0.2, -0.15) is 11.8 Å². The minimum atomic E-state index is -0.378. The van der Waals surface area contributed by atoms with Gasteiger partial charge in [-0.3, -0.25) is 19.3 Å². The molecule has 2 fully saturated rings. The summed E-state index contributed by atoms with van der Waals surface area (Å²) in [6.07, 6.45) is 2.98. The number of ether oxygens (including phenoxy) is 1. The molecule has 3 heterocycles. The first-order valence-electron chi connectivity index (χ1n) is 9.09. The highest BCUT2D eigenvalue weighted by atomic mass is 32.2. The molecule has 2 saturated heterocycles. The Labute approximate surface area is 156 Å². The second-order valence-electron chi connectivity index (χ2n) is 6.94. The van der Waals surface area contributed by atoms with Crippen LogP contribution in [0.1, 0.15) is 40.0 Å². The fourth-order valence-electron chi connectivity index (χ4n) is 3.84. The van der Waals surface area contributed by atoms with E-state index in [1.54, 1.807) is 24.3 Å². The van der Waals surface area contributed by atoms with Crippen molar-refractivity contribution in [2.75, 3.05) is 31.2 Å². The van der Waals surface area contributed by atoms with E-state index in [2.05, 4.69) is 0 Å². The van der Waals surface area contributed by atoms with E-state index in [0.717, 1.165) is 42.3 Å². The number of thioether (sulfide) groups is 1. The predicted octanol–water partition coefficient (Wildman–Crippen LogP) is 1.80. The first-order chi connectivity index (χ1) is 12.6. The number of hydrogen-bond donors (Lipinski definition) is 0. The summed E-state index contributed by atoms with van der Waals surface area (Å²) in [4.78, 5) is 41.0. The minimum absolute atomic E-state index is 0.0618. The molecule has 0 N–H and O–H groups in total. The van der Waals surface area contributed by atoms with Crippen molar-refractivity contribution in [3.8, 4) is 0 Å².